The standard InChI is InChI=1S/C17H29N3O/c1-4-15(18)12-17(21)19-13-16(20(5-2)6-3)14-10-8-7-9-11-14/h7-11,15-16H,4-6,12-13,18H2,1-3H3,(H,19,21). The maximum absolute atomic E-state index is 11.9. The van der Waals surface area contributed by atoms with Gasteiger partial charge < -0.3 is 11.1 Å². The maximum atomic E-state index is 11.9. The molecule has 2 unspecified atom stereocenters. The fourth-order valence-corrected chi connectivity index (χ4v) is 2.46. The van der Waals surface area contributed by atoms with Crippen LogP contribution in [0.2, 0.25) is 0 Å². The van der Waals surface area contributed by atoms with Crippen molar-refractivity contribution in [2.45, 2.75) is 45.7 Å². The quantitative estimate of drug-likeness (QED) is 0.734. The van der Waals surface area contributed by atoms with E-state index in [0.717, 1.165) is 19.5 Å². The summed E-state index contributed by atoms with van der Waals surface area (Å²) in [5.41, 5.74) is 7.07. The molecule has 0 bridgehead atoms. The van der Waals surface area contributed by atoms with Crippen molar-refractivity contribution >= 4 is 5.91 Å². The van der Waals surface area contributed by atoms with Gasteiger partial charge in [0.15, 0.2) is 0 Å². The van der Waals surface area contributed by atoms with Gasteiger partial charge in [0.1, 0.15) is 0 Å². The Morgan fingerprint density at radius 2 is 1.81 bits per heavy atom. The van der Waals surface area contributed by atoms with Gasteiger partial charge in [-0.05, 0) is 25.1 Å². The normalized spacial score (nSPS) is 14.0. The number of nitrogens with zero attached hydrogens (tertiary/aromatic N) is 1. The number of carbonyl (C=O) groups is 1. The third-order valence-electron chi connectivity index (χ3n) is 3.90. The molecule has 0 fully saturated rings. The number of benzene rings is 1. The predicted octanol–water partition coefficient (Wildman–Crippen LogP) is 2.31. The molecule has 1 aromatic rings. The van der Waals surface area contributed by atoms with E-state index >= 15 is 0 Å². The SMILES string of the molecule is CCC(N)CC(=O)NCC(c1ccccc1)N(CC)CC. The molecule has 2 atom stereocenters. The second kappa shape index (κ2) is 9.53. The molecule has 0 aliphatic rings. The molecule has 0 heterocycles. The van der Waals surface area contributed by atoms with Crippen LogP contribution >= 0.6 is 0 Å². The van der Waals surface area contributed by atoms with Gasteiger partial charge in [-0.3, -0.25) is 9.69 Å². The molecule has 0 saturated heterocycles. The summed E-state index contributed by atoms with van der Waals surface area (Å²) in [5, 5.41) is 3.03. The molecular weight excluding hydrogens is 262 g/mol. The molecule has 4 heteroatoms. The first kappa shape index (κ1) is 17.7. The highest BCUT2D eigenvalue weighted by Crippen LogP contribution is 2.19. The van der Waals surface area contributed by atoms with Crippen LogP contribution in [0.4, 0.5) is 0 Å². The van der Waals surface area contributed by atoms with E-state index in [1.165, 1.54) is 5.56 Å². The van der Waals surface area contributed by atoms with Gasteiger partial charge in [-0.2, -0.15) is 0 Å². The Hall–Kier alpha value is -1.39. The van der Waals surface area contributed by atoms with E-state index in [0.29, 0.717) is 13.0 Å². The largest absolute Gasteiger partial charge is 0.354 e. The zero-order valence-corrected chi connectivity index (χ0v) is 13.5. The molecule has 0 aromatic heterocycles. The Labute approximate surface area is 128 Å². The zero-order valence-electron chi connectivity index (χ0n) is 13.5. The third-order valence-corrected chi connectivity index (χ3v) is 3.90. The minimum atomic E-state index is -0.0476. The first-order chi connectivity index (χ1) is 10.1. The zero-order chi connectivity index (χ0) is 15.7. The molecule has 0 aliphatic heterocycles. The molecule has 3 N–H and O–H groups in total. The van der Waals surface area contributed by atoms with Crippen molar-refractivity contribution < 1.29 is 4.79 Å². The Bertz CT molecular complexity index is 404. The van der Waals surface area contributed by atoms with Crippen molar-refractivity contribution in [1.29, 1.82) is 0 Å². The highest BCUT2D eigenvalue weighted by molar-refractivity contribution is 5.76. The van der Waals surface area contributed by atoms with Gasteiger partial charge in [0.25, 0.3) is 0 Å². The van der Waals surface area contributed by atoms with Gasteiger partial charge in [-0.15, -0.1) is 0 Å². The monoisotopic (exact) mass is 291 g/mol. The lowest BCUT2D eigenvalue weighted by atomic mass is 10.0. The van der Waals surface area contributed by atoms with Gasteiger partial charge in [0, 0.05) is 19.0 Å². The molecule has 0 spiro atoms. The van der Waals surface area contributed by atoms with E-state index in [-0.39, 0.29) is 18.0 Å². The van der Waals surface area contributed by atoms with Gasteiger partial charge >= 0.3 is 0 Å². The van der Waals surface area contributed by atoms with Crippen molar-refractivity contribution in [3.8, 4) is 0 Å². The van der Waals surface area contributed by atoms with Crippen molar-refractivity contribution in [3.05, 3.63) is 35.9 Å². The van der Waals surface area contributed by atoms with Crippen LogP contribution in [0.5, 0.6) is 0 Å². The molecular formula is C17H29N3O. The number of rotatable bonds is 9. The van der Waals surface area contributed by atoms with E-state index in [4.69, 9.17) is 5.73 Å². The molecule has 0 aliphatic carbocycles. The van der Waals surface area contributed by atoms with Crippen LogP contribution in [0.1, 0.15) is 45.2 Å². The van der Waals surface area contributed by atoms with Gasteiger partial charge in [-0.25, -0.2) is 0 Å². The molecule has 0 radical (unpaired) electrons. The van der Waals surface area contributed by atoms with E-state index in [1.54, 1.807) is 0 Å². The highest BCUT2D eigenvalue weighted by atomic mass is 16.1. The number of carbonyl (C=O) groups excluding carboxylic acids is 1. The maximum Gasteiger partial charge on any atom is 0.221 e. The Balaban J connectivity index is 2.68. The predicted molar refractivity (Wildman–Crippen MR) is 88.0 cm³/mol. The summed E-state index contributed by atoms with van der Waals surface area (Å²) in [6.07, 6.45) is 1.22. The smallest absolute Gasteiger partial charge is 0.221 e. The van der Waals surface area contributed by atoms with E-state index in [2.05, 4.69) is 36.2 Å². The van der Waals surface area contributed by atoms with Crippen LogP contribution in [0.25, 0.3) is 0 Å². The average molecular weight is 291 g/mol. The number of likely N-dealkylation sites (N-methyl/N-ethyl adjacent to an activating group) is 1. The molecule has 118 valence electrons. The first-order valence-corrected chi connectivity index (χ1v) is 7.93. The van der Waals surface area contributed by atoms with Crippen LogP contribution in [-0.2, 0) is 4.79 Å². The van der Waals surface area contributed by atoms with E-state index in [1.807, 2.05) is 25.1 Å². The fourth-order valence-electron chi connectivity index (χ4n) is 2.46. The number of hydrogen-bond acceptors (Lipinski definition) is 3. The summed E-state index contributed by atoms with van der Waals surface area (Å²) >= 11 is 0. The minimum Gasteiger partial charge on any atom is -0.354 e. The van der Waals surface area contributed by atoms with Crippen LogP contribution < -0.4 is 11.1 Å². The summed E-state index contributed by atoms with van der Waals surface area (Å²) in [6, 6.07) is 10.5. The summed E-state index contributed by atoms with van der Waals surface area (Å²) < 4.78 is 0. The van der Waals surface area contributed by atoms with Crippen LogP contribution in [0.15, 0.2) is 30.3 Å². The third kappa shape index (κ3) is 5.86. The van der Waals surface area contributed by atoms with E-state index < -0.39 is 0 Å². The lowest BCUT2D eigenvalue weighted by Crippen LogP contribution is -2.39. The van der Waals surface area contributed by atoms with Gasteiger partial charge in [-0.1, -0.05) is 51.1 Å². The van der Waals surface area contributed by atoms with Crippen LogP contribution in [0, 0.1) is 0 Å². The lowest BCUT2D eigenvalue weighted by Gasteiger charge is -2.30. The lowest BCUT2D eigenvalue weighted by molar-refractivity contribution is -0.121. The fraction of sp³-hybridized carbons (Fsp3) is 0.588. The number of hydrogen-bond donors (Lipinski definition) is 2. The highest BCUT2D eigenvalue weighted by Gasteiger charge is 2.18. The van der Waals surface area contributed by atoms with E-state index in [9.17, 15) is 4.79 Å². The minimum absolute atomic E-state index is 0.0393. The number of amides is 1. The summed E-state index contributed by atoms with van der Waals surface area (Å²) in [6.45, 7) is 8.84. The molecule has 1 rings (SSSR count). The Morgan fingerprint density at radius 1 is 1.19 bits per heavy atom. The second-order valence-corrected chi connectivity index (χ2v) is 5.32. The molecule has 1 amide bonds. The van der Waals surface area contributed by atoms with Gasteiger partial charge in [0.05, 0.1) is 6.04 Å². The number of nitrogens with one attached hydrogen (secondary N) is 1. The Kier molecular flexibility index (Phi) is 8.01. The van der Waals surface area contributed by atoms with Crippen molar-refractivity contribution in [3.63, 3.8) is 0 Å². The van der Waals surface area contributed by atoms with Crippen molar-refractivity contribution in [1.82, 2.24) is 10.2 Å². The van der Waals surface area contributed by atoms with Gasteiger partial charge in [0.2, 0.25) is 5.91 Å². The van der Waals surface area contributed by atoms with Crippen molar-refractivity contribution in [2.24, 2.45) is 5.73 Å². The van der Waals surface area contributed by atoms with Crippen LogP contribution in [0.3, 0.4) is 0 Å². The summed E-state index contributed by atoms with van der Waals surface area (Å²) in [7, 11) is 0. The first-order valence-electron chi connectivity index (χ1n) is 7.93. The average Bonchev–Trinajstić information content (AvgIpc) is 2.52. The topological polar surface area (TPSA) is 58.4 Å². The molecule has 1 aromatic carbocycles. The van der Waals surface area contributed by atoms with Crippen molar-refractivity contribution in [2.75, 3.05) is 19.6 Å². The number of nitrogens with two attached hydrogens (primary N) is 1. The molecule has 0 saturated carbocycles. The summed E-state index contributed by atoms with van der Waals surface area (Å²) in [5.74, 6) is 0.0393. The second-order valence-electron chi connectivity index (χ2n) is 5.32. The Morgan fingerprint density at radius 3 is 2.33 bits per heavy atom. The molecule has 4 nitrogen and oxygen atoms in total. The summed E-state index contributed by atoms with van der Waals surface area (Å²) in [4.78, 5) is 14.3. The van der Waals surface area contributed by atoms with Crippen LogP contribution in [-0.4, -0.2) is 36.5 Å². The molecule has 21 heavy (non-hydrogen) atoms.